The van der Waals surface area contributed by atoms with E-state index in [1.54, 1.807) is 6.07 Å². The highest BCUT2D eigenvalue weighted by Crippen LogP contribution is 2.22. The SMILES string of the molecule is CSc1c(I)ccnc1F. The molecule has 0 amide bonds. The van der Waals surface area contributed by atoms with Crippen LogP contribution in [0.1, 0.15) is 0 Å². The summed E-state index contributed by atoms with van der Waals surface area (Å²) in [6.07, 6.45) is 3.30. The second kappa shape index (κ2) is 3.52. The van der Waals surface area contributed by atoms with Gasteiger partial charge in [0.05, 0.1) is 4.90 Å². The van der Waals surface area contributed by atoms with Gasteiger partial charge in [-0.2, -0.15) is 4.39 Å². The van der Waals surface area contributed by atoms with Crippen LogP contribution in [0.15, 0.2) is 17.2 Å². The van der Waals surface area contributed by atoms with E-state index in [0.29, 0.717) is 4.90 Å². The molecule has 0 aliphatic heterocycles. The maximum absolute atomic E-state index is 12.7. The third-order valence-electron chi connectivity index (χ3n) is 1.02. The molecule has 1 rings (SSSR count). The normalized spacial score (nSPS) is 9.90. The van der Waals surface area contributed by atoms with Crippen LogP contribution in [0.2, 0.25) is 0 Å². The Hall–Kier alpha value is 0.160. The van der Waals surface area contributed by atoms with Crippen molar-refractivity contribution >= 4 is 34.4 Å². The summed E-state index contributed by atoms with van der Waals surface area (Å²) in [6.45, 7) is 0. The van der Waals surface area contributed by atoms with E-state index in [2.05, 4.69) is 27.6 Å². The molecule has 10 heavy (non-hydrogen) atoms. The molecule has 1 nitrogen and oxygen atoms in total. The molecule has 0 saturated carbocycles. The first-order valence-corrected chi connectivity index (χ1v) is 4.90. The van der Waals surface area contributed by atoms with Gasteiger partial charge in [0.1, 0.15) is 0 Å². The summed E-state index contributed by atoms with van der Waals surface area (Å²) >= 11 is 3.46. The van der Waals surface area contributed by atoms with Gasteiger partial charge in [-0.1, -0.05) is 0 Å². The highest BCUT2D eigenvalue weighted by molar-refractivity contribution is 14.1. The standard InChI is InChI=1S/C6H5FINS/c1-10-5-4(8)2-3-9-6(5)7/h2-3H,1H3. The van der Waals surface area contributed by atoms with E-state index in [1.165, 1.54) is 18.0 Å². The maximum Gasteiger partial charge on any atom is 0.227 e. The molecule has 0 spiro atoms. The van der Waals surface area contributed by atoms with Gasteiger partial charge >= 0.3 is 0 Å². The summed E-state index contributed by atoms with van der Waals surface area (Å²) in [5, 5.41) is 0. The second-order valence-electron chi connectivity index (χ2n) is 1.62. The predicted molar refractivity (Wildman–Crippen MR) is 48.7 cm³/mol. The zero-order chi connectivity index (χ0) is 7.56. The van der Waals surface area contributed by atoms with E-state index in [4.69, 9.17) is 0 Å². The Morgan fingerprint density at radius 1 is 1.70 bits per heavy atom. The Morgan fingerprint density at radius 2 is 2.40 bits per heavy atom. The van der Waals surface area contributed by atoms with E-state index in [0.717, 1.165) is 3.57 Å². The van der Waals surface area contributed by atoms with Crippen molar-refractivity contribution in [1.29, 1.82) is 0 Å². The topological polar surface area (TPSA) is 12.9 Å². The largest absolute Gasteiger partial charge is 0.227 e. The van der Waals surface area contributed by atoms with Crippen molar-refractivity contribution in [2.75, 3.05) is 6.26 Å². The van der Waals surface area contributed by atoms with Gasteiger partial charge in [0.15, 0.2) is 0 Å². The lowest BCUT2D eigenvalue weighted by molar-refractivity contribution is 0.555. The molecule has 0 bridgehead atoms. The Bertz CT molecular complexity index is 221. The molecule has 0 saturated heterocycles. The van der Waals surface area contributed by atoms with Crippen LogP contribution in [0.25, 0.3) is 0 Å². The van der Waals surface area contributed by atoms with Crippen molar-refractivity contribution in [1.82, 2.24) is 4.98 Å². The summed E-state index contributed by atoms with van der Waals surface area (Å²) in [6, 6.07) is 1.79. The number of hydrogen-bond donors (Lipinski definition) is 0. The lowest BCUT2D eigenvalue weighted by Gasteiger charge is -1.98. The number of hydrogen-bond acceptors (Lipinski definition) is 2. The van der Waals surface area contributed by atoms with Gasteiger partial charge in [-0.05, 0) is 34.9 Å². The summed E-state index contributed by atoms with van der Waals surface area (Å²) in [7, 11) is 0. The third-order valence-corrected chi connectivity index (χ3v) is 3.08. The van der Waals surface area contributed by atoms with Crippen molar-refractivity contribution in [2.24, 2.45) is 0 Å². The molecule has 0 N–H and O–H groups in total. The van der Waals surface area contributed by atoms with E-state index in [1.807, 2.05) is 6.26 Å². The quantitative estimate of drug-likeness (QED) is 0.441. The zero-order valence-corrected chi connectivity index (χ0v) is 8.24. The highest BCUT2D eigenvalue weighted by Gasteiger charge is 2.04. The van der Waals surface area contributed by atoms with Crippen molar-refractivity contribution in [3.05, 3.63) is 21.8 Å². The minimum Gasteiger partial charge on any atom is -0.227 e. The van der Waals surface area contributed by atoms with Gasteiger partial charge in [0.25, 0.3) is 0 Å². The smallest absolute Gasteiger partial charge is 0.227 e. The molecule has 0 aliphatic carbocycles. The molecule has 0 aliphatic rings. The van der Waals surface area contributed by atoms with Crippen LogP contribution < -0.4 is 0 Å². The fourth-order valence-electron chi connectivity index (χ4n) is 0.583. The molecule has 0 radical (unpaired) electrons. The summed E-state index contributed by atoms with van der Waals surface area (Å²) in [5.41, 5.74) is 0. The summed E-state index contributed by atoms with van der Waals surface area (Å²) in [4.78, 5) is 4.15. The fourth-order valence-corrected chi connectivity index (χ4v) is 2.11. The average molecular weight is 269 g/mol. The minimum absolute atomic E-state index is 0.376. The van der Waals surface area contributed by atoms with Gasteiger partial charge in [-0.3, -0.25) is 0 Å². The van der Waals surface area contributed by atoms with Gasteiger partial charge in [0.2, 0.25) is 5.95 Å². The van der Waals surface area contributed by atoms with E-state index in [-0.39, 0.29) is 5.95 Å². The predicted octanol–water partition coefficient (Wildman–Crippen LogP) is 2.55. The molecule has 0 atom stereocenters. The summed E-state index contributed by atoms with van der Waals surface area (Å²) in [5.74, 6) is -0.376. The number of pyridine rings is 1. The number of rotatable bonds is 1. The number of thioether (sulfide) groups is 1. The lowest BCUT2D eigenvalue weighted by atomic mass is 10.5. The molecule has 0 unspecified atom stereocenters. The molecule has 1 heterocycles. The molecule has 1 aromatic rings. The van der Waals surface area contributed by atoms with Crippen molar-refractivity contribution in [2.45, 2.75) is 4.90 Å². The zero-order valence-electron chi connectivity index (χ0n) is 5.27. The first-order chi connectivity index (χ1) is 4.75. The Kier molecular flexibility index (Phi) is 2.91. The number of halogens is 2. The van der Waals surface area contributed by atoms with Crippen LogP contribution in [0.5, 0.6) is 0 Å². The van der Waals surface area contributed by atoms with Crippen LogP contribution >= 0.6 is 34.4 Å². The van der Waals surface area contributed by atoms with Crippen LogP contribution in [-0.4, -0.2) is 11.2 Å². The summed E-state index contributed by atoms with van der Waals surface area (Å²) < 4.78 is 13.6. The number of nitrogens with zero attached hydrogens (tertiary/aromatic N) is 1. The van der Waals surface area contributed by atoms with Crippen LogP contribution in [-0.2, 0) is 0 Å². The Morgan fingerprint density at radius 3 is 2.80 bits per heavy atom. The average Bonchev–Trinajstić information content (AvgIpc) is 1.88. The van der Waals surface area contributed by atoms with Gasteiger partial charge in [-0.15, -0.1) is 11.8 Å². The van der Waals surface area contributed by atoms with Gasteiger partial charge in [-0.25, -0.2) is 4.98 Å². The maximum atomic E-state index is 12.7. The first kappa shape index (κ1) is 8.26. The molecular formula is C6H5FINS. The number of aromatic nitrogens is 1. The van der Waals surface area contributed by atoms with Crippen LogP contribution in [0.3, 0.4) is 0 Å². The van der Waals surface area contributed by atoms with Crippen LogP contribution in [0.4, 0.5) is 4.39 Å². The Labute approximate surface area is 76.6 Å². The monoisotopic (exact) mass is 269 g/mol. The van der Waals surface area contributed by atoms with Crippen molar-refractivity contribution in [3.8, 4) is 0 Å². The lowest BCUT2D eigenvalue weighted by Crippen LogP contribution is -1.88. The molecule has 1 aromatic heterocycles. The van der Waals surface area contributed by atoms with Crippen molar-refractivity contribution < 1.29 is 4.39 Å². The van der Waals surface area contributed by atoms with Crippen LogP contribution in [0, 0.1) is 9.52 Å². The fraction of sp³-hybridized carbons (Fsp3) is 0.167. The first-order valence-electron chi connectivity index (χ1n) is 2.59. The van der Waals surface area contributed by atoms with E-state index in [9.17, 15) is 4.39 Å². The highest BCUT2D eigenvalue weighted by atomic mass is 127. The molecule has 54 valence electrons. The van der Waals surface area contributed by atoms with Gasteiger partial charge in [0, 0.05) is 9.77 Å². The van der Waals surface area contributed by atoms with E-state index < -0.39 is 0 Å². The van der Waals surface area contributed by atoms with Gasteiger partial charge < -0.3 is 0 Å². The molecular weight excluding hydrogens is 264 g/mol. The molecule has 4 heteroatoms. The third kappa shape index (κ3) is 1.60. The minimum atomic E-state index is -0.376. The molecule has 0 aromatic carbocycles. The second-order valence-corrected chi connectivity index (χ2v) is 3.60. The van der Waals surface area contributed by atoms with Crippen molar-refractivity contribution in [3.63, 3.8) is 0 Å². The van der Waals surface area contributed by atoms with E-state index >= 15 is 0 Å². The molecule has 0 fully saturated rings. The Balaban J connectivity index is 3.17.